The van der Waals surface area contributed by atoms with Gasteiger partial charge in [0.2, 0.25) is 0 Å². The summed E-state index contributed by atoms with van der Waals surface area (Å²) in [7, 11) is 0. The minimum Gasteiger partial charge on any atom is -0.310 e. The SMILES string of the molecule is c1ccc(-c2ccc(N(c3ccc(-c4ccc(-c5ccccc5)c(-c5ccccc5)c4)cc3)c3cccc(-c4ccc5c(c4)c(-c4ccccc4)c(-c4ccccc4)c4ccccc45)c3)cc2)cc1. The van der Waals surface area contributed by atoms with Gasteiger partial charge in [-0.05, 0) is 148 Å². The van der Waals surface area contributed by atoms with Crippen molar-refractivity contribution in [3.05, 3.63) is 285 Å². The summed E-state index contributed by atoms with van der Waals surface area (Å²) in [5, 5.41) is 4.99. The van der Waals surface area contributed by atoms with Crippen LogP contribution in [-0.2, 0) is 0 Å². The summed E-state index contributed by atoms with van der Waals surface area (Å²) in [5.41, 5.74) is 20.1. The molecule has 12 rings (SSSR count). The number of rotatable bonds is 10. The molecule has 0 aromatic heterocycles. The second-order valence-corrected chi connectivity index (χ2v) is 17.6. The zero-order valence-corrected chi connectivity index (χ0v) is 38.1. The van der Waals surface area contributed by atoms with E-state index in [2.05, 4.69) is 290 Å². The van der Waals surface area contributed by atoms with Gasteiger partial charge in [-0.3, -0.25) is 0 Å². The fraction of sp³-hybridized carbons (Fsp3) is 0. The van der Waals surface area contributed by atoms with Crippen LogP contribution in [0.2, 0.25) is 0 Å². The van der Waals surface area contributed by atoms with Crippen LogP contribution in [0.1, 0.15) is 0 Å². The Morgan fingerprint density at radius 2 is 0.551 bits per heavy atom. The molecule has 1 nitrogen and oxygen atoms in total. The first kappa shape index (κ1) is 41.4. The Labute approximate surface area is 404 Å². The van der Waals surface area contributed by atoms with E-state index < -0.39 is 0 Å². The normalized spacial score (nSPS) is 11.2. The predicted octanol–water partition coefficient (Wildman–Crippen LogP) is 19.1. The third-order valence-corrected chi connectivity index (χ3v) is 13.5. The average molecular weight is 878 g/mol. The lowest BCUT2D eigenvalue weighted by molar-refractivity contribution is 1.28. The number of anilines is 3. The van der Waals surface area contributed by atoms with E-state index in [-0.39, 0.29) is 0 Å². The Morgan fingerprint density at radius 3 is 1.13 bits per heavy atom. The van der Waals surface area contributed by atoms with Crippen molar-refractivity contribution in [2.24, 2.45) is 0 Å². The lowest BCUT2D eigenvalue weighted by atomic mass is 9.84. The van der Waals surface area contributed by atoms with Crippen LogP contribution in [0, 0.1) is 0 Å². The molecule has 0 saturated carbocycles. The number of hydrogen-bond donors (Lipinski definition) is 0. The molecular weight excluding hydrogens is 831 g/mol. The van der Waals surface area contributed by atoms with Crippen molar-refractivity contribution in [3.8, 4) is 77.9 Å². The summed E-state index contributed by atoms with van der Waals surface area (Å²) in [4.78, 5) is 2.38. The first-order valence-corrected chi connectivity index (χ1v) is 23.7. The largest absolute Gasteiger partial charge is 0.310 e. The van der Waals surface area contributed by atoms with Crippen LogP contribution in [0.5, 0.6) is 0 Å². The van der Waals surface area contributed by atoms with E-state index in [9.17, 15) is 0 Å². The molecule has 12 aromatic rings. The molecule has 12 aromatic carbocycles. The van der Waals surface area contributed by atoms with Gasteiger partial charge in [-0.1, -0.05) is 237 Å². The number of fused-ring (bicyclic) bond motifs is 3. The summed E-state index contributed by atoms with van der Waals surface area (Å²) >= 11 is 0. The van der Waals surface area contributed by atoms with Crippen LogP contribution >= 0.6 is 0 Å². The van der Waals surface area contributed by atoms with Crippen LogP contribution in [-0.4, -0.2) is 0 Å². The lowest BCUT2D eigenvalue weighted by Gasteiger charge is -2.26. The van der Waals surface area contributed by atoms with Gasteiger partial charge in [-0.15, -0.1) is 0 Å². The van der Waals surface area contributed by atoms with Gasteiger partial charge in [-0.25, -0.2) is 0 Å². The first-order valence-electron chi connectivity index (χ1n) is 23.7. The molecule has 0 N–H and O–H groups in total. The smallest absolute Gasteiger partial charge is 0.0467 e. The molecular formula is C68H47N. The minimum absolute atomic E-state index is 1.08. The van der Waals surface area contributed by atoms with Crippen molar-refractivity contribution in [2.75, 3.05) is 4.90 Å². The summed E-state index contributed by atoms with van der Waals surface area (Å²) < 4.78 is 0. The van der Waals surface area contributed by atoms with Gasteiger partial charge in [0.15, 0.2) is 0 Å². The highest BCUT2D eigenvalue weighted by molar-refractivity contribution is 6.22. The second-order valence-electron chi connectivity index (χ2n) is 17.6. The summed E-state index contributed by atoms with van der Waals surface area (Å²) in [6.07, 6.45) is 0. The molecule has 324 valence electrons. The molecule has 0 amide bonds. The molecule has 0 aliphatic heterocycles. The van der Waals surface area contributed by atoms with Gasteiger partial charge in [-0.2, -0.15) is 0 Å². The lowest BCUT2D eigenvalue weighted by Crippen LogP contribution is -2.10. The Hall–Kier alpha value is -9.04. The Bertz CT molecular complexity index is 3720. The number of benzene rings is 12. The van der Waals surface area contributed by atoms with Crippen molar-refractivity contribution in [3.63, 3.8) is 0 Å². The maximum Gasteiger partial charge on any atom is 0.0467 e. The average Bonchev–Trinajstić information content (AvgIpc) is 3.44. The standard InChI is InChI=1S/C68H47N/c1-6-19-48(20-7-1)49-33-39-58(40-34-49)69(59-41-35-50(36-42-59)56-37-43-61(51-21-8-2-9-22-51)65(46-56)52-23-10-3-11-24-52)60-30-18-29-55(45-60)57-38-44-63-62-31-16-17-32-64(62)67(53-25-12-4-13-26-53)68(66(63)47-57)54-27-14-5-15-28-54/h1-47H. The van der Waals surface area contributed by atoms with Gasteiger partial charge in [0, 0.05) is 17.1 Å². The zero-order valence-electron chi connectivity index (χ0n) is 38.1. The third kappa shape index (κ3) is 8.07. The Balaban J connectivity index is 0.983. The van der Waals surface area contributed by atoms with Crippen molar-refractivity contribution in [1.82, 2.24) is 0 Å². The van der Waals surface area contributed by atoms with Gasteiger partial charge >= 0.3 is 0 Å². The maximum absolute atomic E-state index is 2.41. The first-order chi connectivity index (χ1) is 34.2. The van der Waals surface area contributed by atoms with E-state index >= 15 is 0 Å². The van der Waals surface area contributed by atoms with Crippen molar-refractivity contribution in [1.29, 1.82) is 0 Å². The molecule has 0 bridgehead atoms. The highest BCUT2D eigenvalue weighted by Crippen LogP contribution is 2.46. The molecule has 1 heteroatoms. The van der Waals surface area contributed by atoms with E-state index in [4.69, 9.17) is 0 Å². The van der Waals surface area contributed by atoms with Crippen LogP contribution < -0.4 is 4.90 Å². The highest BCUT2D eigenvalue weighted by Gasteiger charge is 2.20. The molecule has 0 fully saturated rings. The molecule has 0 heterocycles. The van der Waals surface area contributed by atoms with Crippen molar-refractivity contribution >= 4 is 38.6 Å². The predicted molar refractivity (Wildman–Crippen MR) is 294 cm³/mol. The van der Waals surface area contributed by atoms with Crippen LogP contribution in [0.25, 0.3) is 99.4 Å². The quantitative estimate of drug-likeness (QED) is 0.124. The molecule has 0 spiro atoms. The monoisotopic (exact) mass is 877 g/mol. The van der Waals surface area contributed by atoms with E-state index in [0.717, 1.165) is 28.2 Å². The number of nitrogens with zero attached hydrogens (tertiary/aromatic N) is 1. The summed E-state index contributed by atoms with van der Waals surface area (Å²) in [6, 6.07) is 104. The molecule has 0 aliphatic carbocycles. The fourth-order valence-electron chi connectivity index (χ4n) is 10.1. The minimum atomic E-state index is 1.08. The highest BCUT2D eigenvalue weighted by atomic mass is 15.1. The molecule has 0 radical (unpaired) electrons. The van der Waals surface area contributed by atoms with Crippen LogP contribution in [0.15, 0.2) is 285 Å². The van der Waals surface area contributed by atoms with Gasteiger partial charge in [0.1, 0.15) is 0 Å². The molecule has 0 aliphatic rings. The summed E-state index contributed by atoms with van der Waals surface area (Å²) in [6.45, 7) is 0. The second kappa shape index (κ2) is 18.3. The van der Waals surface area contributed by atoms with Gasteiger partial charge in [0.25, 0.3) is 0 Å². The van der Waals surface area contributed by atoms with E-state index in [1.54, 1.807) is 0 Å². The van der Waals surface area contributed by atoms with Crippen molar-refractivity contribution in [2.45, 2.75) is 0 Å². The van der Waals surface area contributed by atoms with Crippen LogP contribution in [0.3, 0.4) is 0 Å². The molecule has 0 saturated heterocycles. The zero-order chi connectivity index (χ0) is 45.9. The maximum atomic E-state index is 2.41. The Morgan fingerprint density at radius 1 is 0.174 bits per heavy atom. The third-order valence-electron chi connectivity index (χ3n) is 13.5. The molecule has 69 heavy (non-hydrogen) atoms. The van der Waals surface area contributed by atoms with E-state index in [1.165, 1.54) is 88.3 Å². The summed E-state index contributed by atoms with van der Waals surface area (Å²) in [5.74, 6) is 0. The molecule has 0 atom stereocenters. The number of hydrogen-bond acceptors (Lipinski definition) is 1. The van der Waals surface area contributed by atoms with Crippen LogP contribution in [0.4, 0.5) is 17.1 Å². The Kier molecular flexibility index (Phi) is 11.0. The van der Waals surface area contributed by atoms with Gasteiger partial charge < -0.3 is 4.90 Å². The topological polar surface area (TPSA) is 3.24 Å². The van der Waals surface area contributed by atoms with Crippen molar-refractivity contribution < 1.29 is 0 Å². The fourth-order valence-corrected chi connectivity index (χ4v) is 10.1. The van der Waals surface area contributed by atoms with E-state index in [1.807, 2.05) is 0 Å². The van der Waals surface area contributed by atoms with E-state index in [0.29, 0.717) is 0 Å². The van der Waals surface area contributed by atoms with Gasteiger partial charge in [0.05, 0.1) is 0 Å². The molecule has 0 unspecified atom stereocenters.